The fourth-order valence-corrected chi connectivity index (χ4v) is 2.63. The number of amides is 2. The summed E-state index contributed by atoms with van der Waals surface area (Å²) in [7, 11) is 0. The van der Waals surface area contributed by atoms with Crippen LogP contribution >= 0.6 is 0 Å². The van der Waals surface area contributed by atoms with Crippen LogP contribution in [0.2, 0.25) is 0 Å². The molecule has 2 rings (SSSR count). The number of alkyl carbamates (subject to hydrolysis) is 1. The summed E-state index contributed by atoms with van der Waals surface area (Å²) in [6.07, 6.45) is 3.68. The molecule has 0 bridgehead atoms. The van der Waals surface area contributed by atoms with Crippen LogP contribution in [0.4, 0.5) is 16.2 Å². The molecule has 0 fully saturated rings. The molecule has 0 aliphatic carbocycles. The lowest BCUT2D eigenvalue weighted by Crippen LogP contribution is -2.24. The number of nitro benzene ring substituents is 1. The zero-order chi connectivity index (χ0) is 21.1. The number of ether oxygens (including phenoxy) is 1. The molecule has 8 nitrogen and oxygen atoms in total. The first-order valence-electron chi connectivity index (χ1n) is 9.55. The van der Waals surface area contributed by atoms with Crippen LogP contribution in [-0.4, -0.2) is 23.5 Å². The zero-order valence-electron chi connectivity index (χ0n) is 16.3. The summed E-state index contributed by atoms with van der Waals surface area (Å²) in [4.78, 5) is 34.5. The Kier molecular flexibility index (Phi) is 8.62. The van der Waals surface area contributed by atoms with Crippen molar-refractivity contribution in [3.05, 3.63) is 69.8 Å². The highest BCUT2D eigenvalue weighted by molar-refractivity contribution is 6.05. The van der Waals surface area contributed by atoms with Gasteiger partial charge in [0, 0.05) is 18.2 Å². The van der Waals surface area contributed by atoms with Crippen molar-refractivity contribution in [2.24, 2.45) is 0 Å². The number of hydrogen-bond donors (Lipinski definition) is 2. The van der Waals surface area contributed by atoms with Gasteiger partial charge in [0.1, 0.15) is 5.69 Å². The van der Waals surface area contributed by atoms with Gasteiger partial charge in [0.05, 0.1) is 11.5 Å². The second-order valence-corrected chi connectivity index (χ2v) is 6.48. The molecule has 29 heavy (non-hydrogen) atoms. The van der Waals surface area contributed by atoms with E-state index >= 15 is 0 Å². The molecule has 2 amide bonds. The topological polar surface area (TPSA) is 111 Å². The number of benzene rings is 2. The minimum absolute atomic E-state index is 0.134. The molecule has 0 spiro atoms. The second-order valence-electron chi connectivity index (χ2n) is 6.48. The van der Waals surface area contributed by atoms with Crippen LogP contribution in [0.15, 0.2) is 48.5 Å². The number of carbonyl (C=O) groups excluding carboxylic acids is 2. The molecule has 0 aromatic heterocycles. The summed E-state index contributed by atoms with van der Waals surface area (Å²) < 4.78 is 5.10. The molecule has 2 aromatic carbocycles. The molecule has 2 aromatic rings. The minimum Gasteiger partial charge on any atom is -0.450 e. The van der Waals surface area contributed by atoms with Crippen molar-refractivity contribution in [3.63, 3.8) is 0 Å². The molecule has 0 aliphatic heterocycles. The van der Waals surface area contributed by atoms with E-state index in [1.165, 1.54) is 18.2 Å². The van der Waals surface area contributed by atoms with Crippen LogP contribution < -0.4 is 10.6 Å². The molecule has 0 heterocycles. The third-order valence-corrected chi connectivity index (χ3v) is 4.23. The molecule has 8 heteroatoms. The number of carbonyl (C=O) groups is 2. The van der Waals surface area contributed by atoms with Gasteiger partial charge >= 0.3 is 6.09 Å². The van der Waals surface area contributed by atoms with Gasteiger partial charge in [0.15, 0.2) is 0 Å². The van der Waals surface area contributed by atoms with Gasteiger partial charge in [0.25, 0.3) is 11.6 Å². The Morgan fingerprint density at radius 3 is 2.45 bits per heavy atom. The van der Waals surface area contributed by atoms with E-state index in [1.54, 1.807) is 30.3 Å². The van der Waals surface area contributed by atoms with Crippen molar-refractivity contribution in [3.8, 4) is 0 Å². The maximum Gasteiger partial charge on any atom is 0.407 e. The van der Waals surface area contributed by atoms with Crippen LogP contribution in [0, 0.1) is 10.1 Å². The number of anilines is 1. The van der Waals surface area contributed by atoms with E-state index in [0.29, 0.717) is 12.2 Å². The second kappa shape index (κ2) is 11.4. The van der Waals surface area contributed by atoms with Gasteiger partial charge in [-0.3, -0.25) is 14.9 Å². The molecule has 0 saturated heterocycles. The van der Waals surface area contributed by atoms with Crippen LogP contribution in [-0.2, 0) is 11.3 Å². The molecule has 2 N–H and O–H groups in total. The first kappa shape index (κ1) is 21.9. The minimum atomic E-state index is -0.548. The van der Waals surface area contributed by atoms with Crippen LogP contribution in [0.3, 0.4) is 0 Å². The Morgan fingerprint density at radius 1 is 1.03 bits per heavy atom. The predicted molar refractivity (Wildman–Crippen MR) is 110 cm³/mol. The van der Waals surface area contributed by atoms with Crippen molar-refractivity contribution >= 4 is 23.4 Å². The summed E-state index contributed by atoms with van der Waals surface area (Å²) >= 11 is 0. The maximum atomic E-state index is 12.3. The lowest BCUT2D eigenvalue weighted by molar-refractivity contribution is -0.383. The zero-order valence-corrected chi connectivity index (χ0v) is 16.3. The number of nitro groups is 1. The van der Waals surface area contributed by atoms with Crippen molar-refractivity contribution < 1.29 is 19.2 Å². The van der Waals surface area contributed by atoms with E-state index in [2.05, 4.69) is 17.6 Å². The summed E-state index contributed by atoms with van der Waals surface area (Å²) in [6.45, 7) is 2.80. The van der Waals surface area contributed by atoms with Gasteiger partial charge in [0.2, 0.25) is 0 Å². The lowest BCUT2D eigenvalue weighted by Gasteiger charge is -2.08. The van der Waals surface area contributed by atoms with Gasteiger partial charge in [-0.2, -0.15) is 0 Å². The smallest absolute Gasteiger partial charge is 0.407 e. The number of unbranched alkanes of at least 4 members (excludes halogenated alkanes) is 3. The highest BCUT2D eigenvalue weighted by Crippen LogP contribution is 2.23. The van der Waals surface area contributed by atoms with Crippen LogP contribution in [0.5, 0.6) is 0 Å². The first-order valence-corrected chi connectivity index (χ1v) is 9.55. The quantitative estimate of drug-likeness (QED) is 0.343. The number of nitrogens with zero attached hydrogens (tertiary/aromatic N) is 1. The lowest BCUT2D eigenvalue weighted by atomic mass is 10.1. The highest BCUT2D eigenvalue weighted by atomic mass is 16.6. The van der Waals surface area contributed by atoms with E-state index in [9.17, 15) is 19.7 Å². The Labute approximate surface area is 169 Å². The average Bonchev–Trinajstić information content (AvgIpc) is 2.72. The Balaban J connectivity index is 1.83. The van der Waals surface area contributed by atoms with Gasteiger partial charge in [-0.15, -0.1) is 0 Å². The Hall–Kier alpha value is -3.42. The maximum absolute atomic E-state index is 12.3. The fourth-order valence-electron chi connectivity index (χ4n) is 2.63. The molecule has 0 atom stereocenters. The van der Waals surface area contributed by atoms with Gasteiger partial charge in [-0.05, 0) is 30.2 Å². The monoisotopic (exact) mass is 399 g/mol. The molecular formula is C21H25N3O5. The Bertz CT molecular complexity index is 836. The predicted octanol–water partition coefficient (Wildman–Crippen LogP) is 4.65. The summed E-state index contributed by atoms with van der Waals surface area (Å²) in [5, 5.41) is 16.2. The summed E-state index contributed by atoms with van der Waals surface area (Å²) in [6, 6.07) is 12.5. The average molecular weight is 399 g/mol. The highest BCUT2D eigenvalue weighted by Gasteiger charge is 2.15. The van der Waals surface area contributed by atoms with Crippen molar-refractivity contribution in [1.82, 2.24) is 5.32 Å². The normalized spacial score (nSPS) is 10.2. The van der Waals surface area contributed by atoms with E-state index in [0.717, 1.165) is 31.2 Å². The number of rotatable bonds is 10. The molecule has 0 aliphatic rings. The fraction of sp³-hybridized carbons (Fsp3) is 0.333. The number of hydrogen-bond acceptors (Lipinski definition) is 5. The van der Waals surface area contributed by atoms with Crippen LogP contribution in [0.25, 0.3) is 0 Å². The van der Waals surface area contributed by atoms with Gasteiger partial charge in [-0.1, -0.05) is 50.5 Å². The van der Waals surface area contributed by atoms with Crippen molar-refractivity contribution in [1.29, 1.82) is 0 Å². The standard InChI is InChI=1S/C21H25N3O5/c1-2-3-4-7-14-29-21(26)22-15-16-10-12-17(13-11-16)20(25)23-18-8-5-6-9-19(18)24(27)28/h5-6,8-13H,2-4,7,14-15H2,1H3,(H,22,26)(H,23,25). The summed E-state index contributed by atoms with van der Waals surface area (Å²) in [5.41, 5.74) is 1.12. The van der Waals surface area contributed by atoms with E-state index < -0.39 is 16.9 Å². The van der Waals surface area contributed by atoms with E-state index in [-0.39, 0.29) is 17.9 Å². The molecule has 0 unspecified atom stereocenters. The van der Waals surface area contributed by atoms with Gasteiger partial charge < -0.3 is 15.4 Å². The third-order valence-electron chi connectivity index (χ3n) is 4.23. The molecule has 0 radical (unpaired) electrons. The first-order chi connectivity index (χ1) is 14.0. The van der Waals surface area contributed by atoms with E-state index in [4.69, 9.17) is 4.74 Å². The number of nitrogens with one attached hydrogen (secondary N) is 2. The summed E-state index contributed by atoms with van der Waals surface area (Å²) in [5.74, 6) is -0.453. The SMILES string of the molecule is CCCCCCOC(=O)NCc1ccc(C(=O)Nc2ccccc2[N+](=O)[O-])cc1. The van der Waals surface area contributed by atoms with Gasteiger partial charge in [-0.25, -0.2) is 4.79 Å². The third kappa shape index (κ3) is 7.25. The molecule has 154 valence electrons. The largest absolute Gasteiger partial charge is 0.450 e. The molecule has 0 saturated carbocycles. The molecular weight excluding hydrogens is 374 g/mol. The van der Waals surface area contributed by atoms with E-state index in [1.807, 2.05) is 0 Å². The van der Waals surface area contributed by atoms with Crippen molar-refractivity contribution in [2.45, 2.75) is 39.2 Å². The number of para-hydroxylation sites is 2. The Morgan fingerprint density at radius 2 is 1.76 bits per heavy atom. The van der Waals surface area contributed by atoms with Crippen LogP contribution in [0.1, 0.15) is 48.5 Å². The van der Waals surface area contributed by atoms with Crippen molar-refractivity contribution in [2.75, 3.05) is 11.9 Å².